The fourth-order valence-electron chi connectivity index (χ4n) is 5.18. The number of hydrogen-bond acceptors (Lipinski definition) is 1. The number of aldehydes is 1. The molecule has 29 heavy (non-hydrogen) atoms. The van der Waals surface area contributed by atoms with Crippen molar-refractivity contribution in [3.63, 3.8) is 0 Å². The van der Waals surface area contributed by atoms with Crippen molar-refractivity contribution in [1.29, 1.82) is 0 Å². The maximum absolute atomic E-state index is 13.4. The molecule has 0 amide bonds. The van der Waals surface area contributed by atoms with Gasteiger partial charge in [0, 0.05) is 41.8 Å². The Morgan fingerprint density at radius 1 is 1.14 bits per heavy atom. The summed E-state index contributed by atoms with van der Waals surface area (Å²) >= 11 is 0. The van der Waals surface area contributed by atoms with Crippen molar-refractivity contribution in [3.05, 3.63) is 59.5 Å². The molecule has 1 aliphatic rings. The van der Waals surface area contributed by atoms with Crippen LogP contribution in [0.15, 0.2) is 42.6 Å². The Labute approximate surface area is 168 Å². The minimum absolute atomic E-state index is 0.149. The third-order valence-corrected chi connectivity index (χ3v) is 6.49. The second-order valence-corrected chi connectivity index (χ2v) is 7.86. The van der Waals surface area contributed by atoms with Gasteiger partial charge in [0.2, 0.25) is 0 Å². The number of aromatic nitrogens is 2. The highest BCUT2D eigenvalue weighted by Gasteiger charge is 2.41. The van der Waals surface area contributed by atoms with E-state index < -0.39 is 17.8 Å². The van der Waals surface area contributed by atoms with Crippen LogP contribution >= 0.6 is 0 Å². The number of benzene rings is 1. The summed E-state index contributed by atoms with van der Waals surface area (Å²) in [5.41, 5.74) is 2.61. The number of halogens is 3. The highest BCUT2D eigenvalue weighted by atomic mass is 19.4. The third kappa shape index (κ3) is 3.18. The molecule has 3 atom stereocenters. The number of carbonyl (C=O) groups excluding carboxylic acids is 1. The minimum Gasteiger partial charge on any atom is -0.345 e. The molecule has 154 valence electrons. The van der Waals surface area contributed by atoms with Crippen molar-refractivity contribution < 1.29 is 18.0 Å². The number of fused-ring (bicyclic) bond motifs is 3. The molecule has 1 aliphatic carbocycles. The van der Waals surface area contributed by atoms with Gasteiger partial charge in [0.15, 0.2) is 0 Å². The summed E-state index contributed by atoms with van der Waals surface area (Å²) in [5.74, 6) is -0.435. The van der Waals surface area contributed by atoms with Gasteiger partial charge in [0.1, 0.15) is 12.0 Å². The maximum Gasteiger partial charge on any atom is 0.431 e. The summed E-state index contributed by atoms with van der Waals surface area (Å²) in [4.78, 5) is 12.3. The van der Waals surface area contributed by atoms with Crippen molar-refractivity contribution in [1.82, 2.24) is 9.13 Å². The Morgan fingerprint density at radius 3 is 2.55 bits per heavy atom. The molecular formula is C23H25F3N2O. The second-order valence-electron chi connectivity index (χ2n) is 7.86. The van der Waals surface area contributed by atoms with E-state index in [0.717, 1.165) is 53.9 Å². The fraction of sp³-hybridized carbons (Fsp3) is 0.435. The normalized spacial score (nSPS) is 22.0. The van der Waals surface area contributed by atoms with Crippen LogP contribution in [0.3, 0.4) is 0 Å². The summed E-state index contributed by atoms with van der Waals surface area (Å²) in [6.07, 6.45) is -0.370. The number of aryl methyl sites for hydroxylation is 1. The fourth-order valence-corrected chi connectivity index (χ4v) is 5.18. The van der Waals surface area contributed by atoms with E-state index in [1.165, 1.54) is 16.8 Å². The van der Waals surface area contributed by atoms with Gasteiger partial charge in [0.05, 0.1) is 0 Å². The van der Waals surface area contributed by atoms with Crippen LogP contribution < -0.4 is 0 Å². The first-order chi connectivity index (χ1) is 13.9. The lowest BCUT2D eigenvalue weighted by Gasteiger charge is -2.37. The molecule has 3 aromatic rings. The number of para-hydroxylation sites is 1. The molecule has 0 spiro atoms. The largest absolute Gasteiger partial charge is 0.431 e. The van der Waals surface area contributed by atoms with E-state index in [1.54, 1.807) is 0 Å². The number of rotatable bonds is 5. The first-order valence-electron chi connectivity index (χ1n) is 10.2. The van der Waals surface area contributed by atoms with Crippen molar-refractivity contribution in [2.24, 2.45) is 11.8 Å². The first-order valence-corrected chi connectivity index (χ1v) is 10.2. The zero-order chi connectivity index (χ0) is 20.8. The van der Waals surface area contributed by atoms with Crippen LogP contribution in [0.2, 0.25) is 0 Å². The topological polar surface area (TPSA) is 26.9 Å². The average molecular weight is 402 g/mol. The van der Waals surface area contributed by atoms with Crippen LogP contribution in [0.25, 0.3) is 10.9 Å². The van der Waals surface area contributed by atoms with Crippen LogP contribution in [0.5, 0.6) is 0 Å². The molecule has 4 rings (SSSR count). The Hall–Kier alpha value is -2.50. The lowest BCUT2D eigenvalue weighted by atomic mass is 9.69. The SMILES string of the molecule is CCC1Cc2c(c3ccccc3n2CC)C(C=O)C1Cn1cccc1C(F)(F)F. The predicted molar refractivity (Wildman–Crippen MR) is 107 cm³/mol. The molecular weight excluding hydrogens is 377 g/mol. The Kier molecular flexibility index (Phi) is 5.05. The van der Waals surface area contributed by atoms with E-state index in [1.807, 2.05) is 18.2 Å². The molecule has 0 aliphatic heterocycles. The van der Waals surface area contributed by atoms with Crippen molar-refractivity contribution in [3.8, 4) is 0 Å². The smallest absolute Gasteiger partial charge is 0.345 e. The van der Waals surface area contributed by atoms with Crippen molar-refractivity contribution in [2.75, 3.05) is 0 Å². The molecule has 0 saturated heterocycles. The number of carbonyl (C=O) groups is 1. The van der Waals surface area contributed by atoms with Gasteiger partial charge in [0.25, 0.3) is 0 Å². The molecule has 6 heteroatoms. The molecule has 0 N–H and O–H groups in total. The summed E-state index contributed by atoms with van der Waals surface area (Å²) in [5, 5.41) is 1.05. The maximum atomic E-state index is 13.4. The first kappa shape index (κ1) is 19.8. The Morgan fingerprint density at radius 2 is 1.90 bits per heavy atom. The summed E-state index contributed by atoms with van der Waals surface area (Å²) in [6.45, 7) is 5.14. The predicted octanol–water partition coefficient (Wildman–Crippen LogP) is 5.66. The molecule has 3 nitrogen and oxygen atoms in total. The van der Waals surface area contributed by atoms with E-state index >= 15 is 0 Å². The van der Waals surface area contributed by atoms with Gasteiger partial charge < -0.3 is 13.9 Å². The van der Waals surface area contributed by atoms with E-state index in [4.69, 9.17) is 0 Å². The van der Waals surface area contributed by atoms with Crippen LogP contribution in [0, 0.1) is 11.8 Å². The third-order valence-electron chi connectivity index (χ3n) is 6.49. The van der Waals surface area contributed by atoms with Gasteiger partial charge in [-0.1, -0.05) is 31.5 Å². The standard InChI is InChI=1S/C23H25F3N2O/c1-3-15-12-20-22(16-8-5-6-9-19(16)28(20)4-2)18(14-29)17(15)13-27-11-7-10-21(27)23(24,25)26/h5-11,14-15,17-18H,3-4,12-13H2,1-2H3. The highest BCUT2D eigenvalue weighted by Crippen LogP contribution is 2.46. The Bertz CT molecular complexity index is 1030. The second kappa shape index (κ2) is 7.39. The molecule has 1 aromatic carbocycles. The van der Waals surface area contributed by atoms with Gasteiger partial charge in [-0.25, -0.2) is 0 Å². The van der Waals surface area contributed by atoms with Crippen LogP contribution in [-0.4, -0.2) is 15.4 Å². The van der Waals surface area contributed by atoms with Crippen molar-refractivity contribution >= 4 is 17.2 Å². The van der Waals surface area contributed by atoms with E-state index in [0.29, 0.717) is 0 Å². The van der Waals surface area contributed by atoms with Gasteiger partial charge in [-0.05, 0) is 48.9 Å². The van der Waals surface area contributed by atoms with Crippen LogP contribution in [0.1, 0.15) is 43.1 Å². The summed E-state index contributed by atoms with van der Waals surface area (Å²) < 4.78 is 43.7. The lowest BCUT2D eigenvalue weighted by Crippen LogP contribution is -2.34. The monoisotopic (exact) mass is 402 g/mol. The van der Waals surface area contributed by atoms with Crippen molar-refractivity contribution in [2.45, 2.75) is 51.9 Å². The number of alkyl halides is 3. The van der Waals surface area contributed by atoms with Crippen LogP contribution in [-0.2, 0) is 30.5 Å². The average Bonchev–Trinajstić information content (AvgIpc) is 3.29. The summed E-state index contributed by atoms with van der Waals surface area (Å²) in [6, 6.07) is 10.6. The van der Waals surface area contributed by atoms with Gasteiger partial charge in [-0.2, -0.15) is 13.2 Å². The summed E-state index contributed by atoms with van der Waals surface area (Å²) in [7, 11) is 0. The van der Waals surface area contributed by atoms with Crippen LogP contribution in [0.4, 0.5) is 13.2 Å². The molecule has 2 aromatic heterocycles. The number of hydrogen-bond donors (Lipinski definition) is 0. The minimum atomic E-state index is -4.40. The quantitative estimate of drug-likeness (QED) is 0.506. The molecule has 2 heterocycles. The van der Waals surface area contributed by atoms with E-state index in [9.17, 15) is 18.0 Å². The number of nitrogens with zero attached hydrogens (tertiary/aromatic N) is 2. The highest BCUT2D eigenvalue weighted by molar-refractivity contribution is 5.89. The van der Waals surface area contributed by atoms with E-state index in [2.05, 4.69) is 24.5 Å². The molecule has 0 saturated carbocycles. The molecule has 0 bridgehead atoms. The molecule has 0 radical (unpaired) electrons. The molecule has 0 fully saturated rings. The zero-order valence-corrected chi connectivity index (χ0v) is 16.6. The molecule has 3 unspecified atom stereocenters. The van der Waals surface area contributed by atoms with Gasteiger partial charge in [-0.3, -0.25) is 0 Å². The lowest BCUT2D eigenvalue weighted by molar-refractivity contribution is -0.144. The van der Waals surface area contributed by atoms with Gasteiger partial charge >= 0.3 is 6.18 Å². The van der Waals surface area contributed by atoms with E-state index in [-0.39, 0.29) is 18.4 Å². The zero-order valence-electron chi connectivity index (χ0n) is 16.6. The van der Waals surface area contributed by atoms with Gasteiger partial charge in [-0.15, -0.1) is 0 Å². The Balaban J connectivity index is 1.83.